The van der Waals surface area contributed by atoms with Crippen LogP contribution in [-0.4, -0.2) is 13.0 Å². The van der Waals surface area contributed by atoms with Crippen LogP contribution in [-0.2, 0) is 12.8 Å². The van der Waals surface area contributed by atoms with E-state index >= 15 is 0 Å². The van der Waals surface area contributed by atoms with Crippen LogP contribution in [0.2, 0.25) is 0 Å². The number of carbonyl (C=O) groups is 1. The molecule has 0 saturated heterocycles. The van der Waals surface area contributed by atoms with Crippen molar-refractivity contribution in [3.8, 4) is 0 Å². The lowest BCUT2D eigenvalue weighted by molar-refractivity contribution is 0.1000. The number of hydrogen-bond donors (Lipinski definition) is 2. The Bertz CT molecular complexity index is 471. The third-order valence-electron chi connectivity index (χ3n) is 3.96. The molecule has 1 aromatic heterocycles. The lowest BCUT2D eigenvalue weighted by Crippen LogP contribution is -2.27. The van der Waals surface area contributed by atoms with E-state index in [4.69, 9.17) is 5.73 Å². The Balaban J connectivity index is 2.38. The number of fused-ring (bicyclic) bond motifs is 1. The van der Waals surface area contributed by atoms with Gasteiger partial charge in [0.2, 0.25) is 0 Å². The monoisotopic (exact) mass is 266 g/mol. The number of rotatable bonds is 2. The molecular formula is C14H22N2OS. The SMILES string of the molecule is CNc1sc2c(c1C(N)=O)CCC(C(C)(C)C)C2. The van der Waals surface area contributed by atoms with Crippen molar-refractivity contribution < 1.29 is 4.79 Å². The van der Waals surface area contributed by atoms with Gasteiger partial charge >= 0.3 is 0 Å². The molecule has 2 rings (SSSR count). The van der Waals surface area contributed by atoms with Crippen LogP contribution in [0.15, 0.2) is 0 Å². The third kappa shape index (κ3) is 2.26. The van der Waals surface area contributed by atoms with Gasteiger partial charge in [-0.15, -0.1) is 11.3 Å². The standard InChI is InChI=1S/C14H22N2OS/c1-14(2,3)8-5-6-9-10(7-8)18-13(16-4)11(9)12(15)17/h8,16H,5-7H2,1-4H3,(H2,15,17). The average molecular weight is 266 g/mol. The van der Waals surface area contributed by atoms with Crippen molar-refractivity contribution in [3.63, 3.8) is 0 Å². The molecule has 0 aliphatic heterocycles. The molecule has 0 radical (unpaired) electrons. The molecule has 4 heteroatoms. The van der Waals surface area contributed by atoms with Gasteiger partial charge in [-0.25, -0.2) is 0 Å². The van der Waals surface area contributed by atoms with E-state index in [0.717, 1.165) is 29.8 Å². The first-order chi connectivity index (χ1) is 8.34. The number of primary amides is 1. The van der Waals surface area contributed by atoms with E-state index in [9.17, 15) is 4.79 Å². The van der Waals surface area contributed by atoms with Crippen LogP contribution in [0.25, 0.3) is 0 Å². The highest BCUT2D eigenvalue weighted by Gasteiger charge is 2.32. The van der Waals surface area contributed by atoms with Gasteiger partial charge in [-0.05, 0) is 36.2 Å². The fourth-order valence-corrected chi connectivity index (χ4v) is 4.05. The maximum atomic E-state index is 11.6. The van der Waals surface area contributed by atoms with Crippen molar-refractivity contribution in [2.45, 2.75) is 40.0 Å². The summed E-state index contributed by atoms with van der Waals surface area (Å²) in [5, 5.41) is 4.04. The van der Waals surface area contributed by atoms with Crippen LogP contribution in [0.3, 0.4) is 0 Å². The molecule has 1 aliphatic rings. The van der Waals surface area contributed by atoms with Gasteiger partial charge in [0.25, 0.3) is 5.91 Å². The molecule has 3 nitrogen and oxygen atoms in total. The highest BCUT2D eigenvalue weighted by atomic mass is 32.1. The molecule has 100 valence electrons. The Morgan fingerprint density at radius 1 is 1.44 bits per heavy atom. The van der Waals surface area contributed by atoms with Crippen LogP contribution < -0.4 is 11.1 Å². The predicted octanol–water partition coefficient (Wildman–Crippen LogP) is 3.04. The highest BCUT2D eigenvalue weighted by Crippen LogP contribution is 2.43. The van der Waals surface area contributed by atoms with Crippen molar-refractivity contribution in [1.29, 1.82) is 0 Å². The molecule has 0 bridgehead atoms. The number of carbonyl (C=O) groups excluding carboxylic acids is 1. The molecule has 1 atom stereocenters. The zero-order valence-corrected chi connectivity index (χ0v) is 12.4. The van der Waals surface area contributed by atoms with Crippen molar-refractivity contribution in [2.75, 3.05) is 12.4 Å². The maximum Gasteiger partial charge on any atom is 0.251 e. The topological polar surface area (TPSA) is 55.1 Å². The quantitative estimate of drug-likeness (QED) is 0.864. The number of nitrogens with one attached hydrogen (secondary N) is 1. The number of hydrogen-bond acceptors (Lipinski definition) is 3. The molecule has 0 saturated carbocycles. The van der Waals surface area contributed by atoms with Crippen LogP contribution >= 0.6 is 11.3 Å². The second-order valence-corrected chi connectivity index (χ2v) is 7.23. The zero-order valence-electron chi connectivity index (χ0n) is 11.6. The van der Waals surface area contributed by atoms with Gasteiger partial charge in [-0.1, -0.05) is 20.8 Å². The molecular weight excluding hydrogens is 244 g/mol. The summed E-state index contributed by atoms with van der Waals surface area (Å²) in [6, 6.07) is 0. The fraction of sp³-hybridized carbons (Fsp3) is 0.643. The Morgan fingerprint density at radius 3 is 2.61 bits per heavy atom. The first-order valence-corrected chi connectivity index (χ1v) is 7.28. The average Bonchev–Trinajstić information content (AvgIpc) is 2.64. The Hall–Kier alpha value is -1.03. The summed E-state index contributed by atoms with van der Waals surface area (Å²) >= 11 is 1.70. The first-order valence-electron chi connectivity index (χ1n) is 6.46. The van der Waals surface area contributed by atoms with E-state index in [2.05, 4.69) is 26.1 Å². The van der Waals surface area contributed by atoms with E-state index in [-0.39, 0.29) is 5.91 Å². The lowest BCUT2D eigenvalue weighted by Gasteiger charge is -2.33. The van der Waals surface area contributed by atoms with Gasteiger partial charge in [0.15, 0.2) is 0 Å². The molecule has 18 heavy (non-hydrogen) atoms. The summed E-state index contributed by atoms with van der Waals surface area (Å²) in [5.74, 6) is 0.389. The van der Waals surface area contributed by atoms with E-state index in [0.29, 0.717) is 11.3 Å². The zero-order chi connectivity index (χ0) is 13.5. The Kier molecular flexibility index (Phi) is 3.41. The van der Waals surface area contributed by atoms with Crippen molar-refractivity contribution in [1.82, 2.24) is 0 Å². The first kappa shape index (κ1) is 13.4. The molecule has 3 N–H and O–H groups in total. The molecule has 0 spiro atoms. The fourth-order valence-electron chi connectivity index (χ4n) is 2.76. The van der Waals surface area contributed by atoms with E-state index in [1.807, 2.05) is 7.05 Å². The molecule has 1 unspecified atom stereocenters. The van der Waals surface area contributed by atoms with Crippen LogP contribution in [0, 0.1) is 11.3 Å². The summed E-state index contributed by atoms with van der Waals surface area (Å²) in [5.41, 5.74) is 7.75. The highest BCUT2D eigenvalue weighted by molar-refractivity contribution is 7.16. The minimum Gasteiger partial charge on any atom is -0.379 e. The van der Waals surface area contributed by atoms with Gasteiger partial charge in [0.1, 0.15) is 5.00 Å². The van der Waals surface area contributed by atoms with Crippen LogP contribution in [0.1, 0.15) is 48.0 Å². The van der Waals surface area contributed by atoms with Gasteiger partial charge in [0, 0.05) is 11.9 Å². The third-order valence-corrected chi connectivity index (χ3v) is 5.24. The minimum absolute atomic E-state index is 0.300. The smallest absolute Gasteiger partial charge is 0.251 e. The maximum absolute atomic E-state index is 11.6. The Morgan fingerprint density at radius 2 is 2.11 bits per heavy atom. The second-order valence-electron chi connectivity index (χ2n) is 6.13. The van der Waals surface area contributed by atoms with Gasteiger partial charge < -0.3 is 11.1 Å². The number of thiophene rings is 1. The van der Waals surface area contributed by atoms with Gasteiger partial charge in [-0.3, -0.25) is 4.79 Å². The Labute approximate surface area is 113 Å². The number of amides is 1. The van der Waals surface area contributed by atoms with Gasteiger partial charge in [0.05, 0.1) is 5.56 Å². The number of anilines is 1. The summed E-state index contributed by atoms with van der Waals surface area (Å²) in [6.07, 6.45) is 3.20. The normalized spacial score (nSPS) is 19.4. The van der Waals surface area contributed by atoms with Crippen molar-refractivity contribution >= 4 is 22.2 Å². The predicted molar refractivity (Wildman–Crippen MR) is 77.4 cm³/mol. The molecule has 1 amide bonds. The van der Waals surface area contributed by atoms with E-state index < -0.39 is 0 Å². The molecule has 1 aliphatic carbocycles. The molecule has 0 fully saturated rings. The number of nitrogens with two attached hydrogens (primary N) is 1. The summed E-state index contributed by atoms with van der Waals surface area (Å²) in [7, 11) is 1.85. The summed E-state index contributed by atoms with van der Waals surface area (Å²) < 4.78 is 0. The largest absolute Gasteiger partial charge is 0.379 e. The molecule has 1 heterocycles. The summed E-state index contributed by atoms with van der Waals surface area (Å²) in [6.45, 7) is 6.89. The van der Waals surface area contributed by atoms with Gasteiger partial charge in [-0.2, -0.15) is 0 Å². The second kappa shape index (κ2) is 4.57. The molecule has 1 aromatic rings. The van der Waals surface area contributed by atoms with E-state index in [1.54, 1.807) is 11.3 Å². The summed E-state index contributed by atoms with van der Waals surface area (Å²) in [4.78, 5) is 12.9. The van der Waals surface area contributed by atoms with Crippen LogP contribution in [0.5, 0.6) is 0 Å². The van der Waals surface area contributed by atoms with Crippen LogP contribution in [0.4, 0.5) is 5.00 Å². The van der Waals surface area contributed by atoms with Crippen molar-refractivity contribution in [3.05, 3.63) is 16.0 Å². The molecule has 0 aromatic carbocycles. The van der Waals surface area contributed by atoms with Crippen molar-refractivity contribution in [2.24, 2.45) is 17.1 Å². The lowest BCUT2D eigenvalue weighted by atomic mass is 9.72. The van der Waals surface area contributed by atoms with E-state index in [1.165, 1.54) is 10.4 Å². The minimum atomic E-state index is -0.300.